The van der Waals surface area contributed by atoms with Crippen LogP contribution in [0.2, 0.25) is 0 Å². The minimum absolute atomic E-state index is 0.0316. The average molecular weight is 355 g/mol. The number of fused-ring (bicyclic) bond motifs is 1. The monoisotopic (exact) mass is 355 g/mol. The number of nitrogens with one attached hydrogen (secondary N) is 1. The molecule has 1 fully saturated rings. The third-order valence-corrected chi connectivity index (χ3v) is 4.77. The smallest absolute Gasteiger partial charge is 0.180 e. The van der Waals surface area contributed by atoms with Crippen molar-refractivity contribution >= 4 is 22.6 Å². The van der Waals surface area contributed by atoms with Gasteiger partial charge in [-0.05, 0) is 45.1 Å². The van der Waals surface area contributed by atoms with Gasteiger partial charge in [0, 0.05) is 43.6 Å². The number of Topliss-reactive ketones (excluding diaryl/α,β-unsaturated/α-hetero) is 1. The highest BCUT2D eigenvalue weighted by Gasteiger charge is 2.28. The Kier molecular flexibility index (Phi) is 5.51. The molecule has 3 heterocycles. The molecule has 0 amide bonds. The van der Waals surface area contributed by atoms with Crippen molar-refractivity contribution in [1.82, 2.24) is 20.3 Å². The summed E-state index contributed by atoms with van der Waals surface area (Å²) in [5.74, 6) is 1.20. The molecule has 0 saturated carbocycles. The molecule has 6 nitrogen and oxygen atoms in total. The fraction of sp³-hybridized carbons (Fsp3) is 0.600. The molecule has 2 aromatic rings. The van der Waals surface area contributed by atoms with Crippen LogP contribution in [0.3, 0.4) is 0 Å². The van der Waals surface area contributed by atoms with Crippen LogP contribution in [-0.2, 0) is 4.79 Å². The SMILES string of the molecule is C[C@H]1C[C@@H](CC(=O)CNC(C)(C)C)CN(c2ccnc3nccnc23)C1. The molecule has 6 heteroatoms. The van der Waals surface area contributed by atoms with Crippen molar-refractivity contribution in [3.63, 3.8) is 0 Å². The van der Waals surface area contributed by atoms with E-state index < -0.39 is 0 Å². The van der Waals surface area contributed by atoms with Gasteiger partial charge in [0.2, 0.25) is 0 Å². The molecule has 3 rings (SSSR count). The van der Waals surface area contributed by atoms with Crippen molar-refractivity contribution in [3.8, 4) is 0 Å². The summed E-state index contributed by atoms with van der Waals surface area (Å²) < 4.78 is 0. The molecule has 0 unspecified atom stereocenters. The first-order valence-corrected chi connectivity index (χ1v) is 9.39. The number of nitrogens with zero attached hydrogens (tertiary/aromatic N) is 4. The minimum atomic E-state index is -0.0316. The maximum atomic E-state index is 12.4. The third kappa shape index (κ3) is 4.75. The van der Waals surface area contributed by atoms with Gasteiger partial charge in [-0.3, -0.25) is 4.79 Å². The zero-order valence-corrected chi connectivity index (χ0v) is 16.2. The fourth-order valence-electron chi connectivity index (χ4n) is 3.70. The highest BCUT2D eigenvalue weighted by atomic mass is 16.1. The van der Waals surface area contributed by atoms with Crippen LogP contribution in [0.25, 0.3) is 11.2 Å². The summed E-state index contributed by atoms with van der Waals surface area (Å²) in [5.41, 5.74) is 2.55. The Morgan fingerprint density at radius 3 is 2.69 bits per heavy atom. The number of ketones is 1. The van der Waals surface area contributed by atoms with Gasteiger partial charge in [0.05, 0.1) is 12.2 Å². The zero-order chi connectivity index (χ0) is 18.7. The van der Waals surface area contributed by atoms with E-state index >= 15 is 0 Å². The molecule has 0 radical (unpaired) electrons. The van der Waals surface area contributed by atoms with Crippen molar-refractivity contribution < 1.29 is 4.79 Å². The first-order chi connectivity index (χ1) is 12.3. The van der Waals surface area contributed by atoms with Crippen LogP contribution in [0.15, 0.2) is 24.7 Å². The molecule has 1 N–H and O–H groups in total. The summed E-state index contributed by atoms with van der Waals surface area (Å²) in [6.45, 7) is 10.8. The largest absolute Gasteiger partial charge is 0.369 e. The lowest BCUT2D eigenvalue weighted by Gasteiger charge is -2.38. The molecule has 0 spiro atoms. The van der Waals surface area contributed by atoms with Gasteiger partial charge in [-0.15, -0.1) is 0 Å². The number of aromatic nitrogens is 3. The molecule has 0 bridgehead atoms. The fourth-order valence-corrected chi connectivity index (χ4v) is 3.70. The number of anilines is 1. The summed E-state index contributed by atoms with van der Waals surface area (Å²) in [7, 11) is 0. The average Bonchev–Trinajstić information content (AvgIpc) is 2.58. The molecular weight excluding hydrogens is 326 g/mol. The van der Waals surface area contributed by atoms with Gasteiger partial charge >= 0.3 is 0 Å². The lowest BCUT2D eigenvalue weighted by molar-refractivity contribution is -0.119. The third-order valence-electron chi connectivity index (χ3n) is 4.77. The summed E-state index contributed by atoms with van der Waals surface area (Å²) in [6, 6.07) is 2.01. The van der Waals surface area contributed by atoms with E-state index in [9.17, 15) is 4.79 Å². The van der Waals surface area contributed by atoms with Gasteiger partial charge in [-0.25, -0.2) is 15.0 Å². The molecule has 2 aromatic heterocycles. The second-order valence-electron chi connectivity index (χ2n) is 8.52. The molecule has 140 valence electrons. The van der Waals surface area contributed by atoms with E-state index in [1.807, 2.05) is 6.07 Å². The molecule has 0 aliphatic carbocycles. The van der Waals surface area contributed by atoms with Gasteiger partial charge in [-0.1, -0.05) is 6.92 Å². The zero-order valence-electron chi connectivity index (χ0n) is 16.2. The minimum Gasteiger partial charge on any atom is -0.369 e. The second-order valence-corrected chi connectivity index (χ2v) is 8.52. The Hall–Kier alpha value is -2.08. The Labute approximate surface area is 155 Å². The van der Waals surface area contributed by atoms with E-state index in [2.05, 4.69) is 52.9 Å². The van der Waals surface area contributed by atoms with Crippen molar-refractivity contribution in [1.29, 1.82) is 0 Å². The van der Waals surface area contributed by atoms with Gasteiger partial charge in [-0.2, -0.15) is 0 Å². The molecule has 1 aliphatic heterocycles. The van der Waals surface area contributed by atoms with Crippen LogP contribution in [-0.4, -0.2) is 45.9 Å². The highest BCUT2D eigenvalue weighted by molar-refractivity contribution is 5.85. The highest BCUT2D eigenvalue weighted by Crippen LogP contribution is 2.31. The maximum absolute atomic E-state index is 12.4. The molecule has 26 heavy (non-hydrogen) atoms. The van der Waals surface area contributed by atoms with Crippen LogP contribution < -0.4 is 10.2 Å². The van der Waals surface area contributed by atoms with Gasteiger partial charge in [0.15, 0.2) is 5.65 Å². The van der Waals surface area contributed by atoms with E-state index in [-0.39, 0.29) is 5.54 Å². The van der Waals surface area contributed by atoms with Crippen LogP contribution in [0.1, 0.15) is 40.5 Å². The first-order valence-electron chi connectivity index (χ1n) is 9.39. The molecule has 1 saturated heterocycles. The van der Waals surface area contributed by atoms with Gasteiger partial charge in [0.25, 0.3) is 0 Å². The summed E-state index contributed by atoms with van der Waals surface area (Å²) in [5, 5.41) is 3.30. The van der Waals surface area contributed by atoms with Crippen molar-refractivity contribution in [3.05, 3.63) is 24.7 Å². The van der Waals surface area contributed by atoms with Crippen LogP contribution >= 0.6 is 0 Å². The summed E-state index contributed by atoms with van der Waals surface area (Å²) in [6.07, 6.45) is 6.88. The molecular formula is C20H29N5O. The van der Waals surface area contributed by atoms with Gasteiger partial charge < -0.3 is 10.2 Å². The molecule has 1 aliphatic rings. The van der Waals surface area contributed by atoms with E-state index in [0.717, 1.165) is 30.7 Å². The van der Waals surface area contributed by atoms with Crippen LogP contribution in [0.4, 0.5) is 5.69 Å². The predicted molar refractivity (Wildman–Crippen MR) is 104 cm³/mol. The lowest BCUT2D eigenvalue weighted by atomic mass is 9.86. The number of hydrogen-bond acceptors (Lipinski definition) is 6. The maximum Gasteiger partial charge on any atom is 0.180 e. The predicted octanol–water partition coefficient (Wildman–Crippen LogP) is 2.83. The number of piperidine rings is 1. The Morgan fingerprint density at radius 1 is 1.19 bits per heavy atom. The second kappa shape index (κ2) is 7.66. The van der Waals surface area contributed by atoms with E-state index in [1.54, 1.807) is 18.6 Å². The Morgan fingerprint density at radius 2 is 1.92 bits per heavy atom. The standard InChI is InChI=1S/C20H29N5O/c1-14-9-15(10-16(26)11-24-20(2,3)4)13-25(12-14)17-5-6-22-19-18(17)21-7-8-23-19/h5-8,14-15,24H,9-13H2,1-4H3/t14-,15-/m0/s1. The molecule has 2 atom stereocenters. The van der Waals surface area contributed by atoms with Crippen molar-refractivity contribution in [2.45, 2.75) is 46.1 Å². The van der Waals surface area contributed by atoms with Gasteiger partial charge in [0.1, 0.15) is 11.3 Å². The van der Waals surface area contributed by atoms with E-state index in [1.165, 1.54) is 0 Å². The lowest BCUT2D eigenvalue weighted by Crippen LogP contribution is -2.43. The summed E-state index contributed by atoms with van der Waals surface area (Å²) in [4.78, 5) is 27.9. The van der Waals surface area contributed by atoms with Crippen LogP contribution in [0.5, 0.6) is 0 Å². The first kappa shape index (κ1) is 18.7. The number of carbonyl (C=O) groups is 1. The number of pyridine rings is 1. The molecule has 0 aromatic carbocycles. The number of rotatable bonds is 5. The Bertz CT molecular complexity index is 765. The van der Waals surface area contributed by atoms with E-state index in [4.69, 9.17) is 0 Å². The Balaban J connectivity index is 1.71. The van der Waals surface area contributed by atoms with Crippen LogP contribution in [0, 0.1) is 11.8 Å². The number of hydrogen-bond donors (Lipinski definition) is 1. The number of carbonyl (C=O) groups excluding carboxylic acids is 1. The normalized spacial score (nSPS) is 21.2. The summed E-state index contributed by atoms with van der Waals surface area (Å²) >= 11 is 0. The van der Waals surface area contributed by atoms with E-state index in [0.29, 0.717) is 36.2 Å². The van der Waals surface area contributed by atoms with Crippen molar-refractivity contribution in [2.24, 2.45) is 11.8 Å². The quantitative estimate of drug-likeness (QED) is 0.889. The topological polar surface area (TPSA) is 71.0 Å². The van der Waals surface area contributed by atoms with Crippen molar-refractivity contribution in [2.75, 3.05) is 24.5 Å².